The Morgan fingerprint density at radius 3 is 2.62 bits per heavy atom. The van der Waals surface area contributed by atoms with E-state index in [1.807, 2.05) is 19.1 Å². The lowest BCUT2D eigenvalue weighted by Crippen LogP contribution is -1.98. The highest BCUT2D eigenvalue weighted by molar-refractivity contribution is 9.10. The lowest BCUT2D eigenvalue weighted by molar-refractivity contribution is 0.373. The number of methoxy groups -OCH3 is 1. The van der Waals surface area contributed by atoms with Gasteiger partial charge < -0.3 is 9.47 Å². The van der Waals surface area contributed by atoms with Crippen molar-refractivity contribution in [3.05, 3.63) is 39.0 Å². The Bertz CT molecular complexity index is 662. The first-order valence-corrected chi connectivity index (χ1v) is 7.64. The van der Waals surface area contributed by atoms with Crippen LogP contribution in [-0.2, 0) is 0 Å². The van der Waals surface area contributed by atoms with E-state index in [9.17, 15) is 0 Å². The molecule has 0 saturated heterocycles. The largest absolute Gasteiger partial charge is 0.480 e. The van der Waals surface area contributed by atoms with E-state index in [4.69, 9.17) is 21.1 Å². The van der Waals surface area contributed by atoms with Gasteiger partial charge in [0.25, 0.3) is 0 Å². The van der Waals surface area contributed by atoms with Crippen LogP contribution in [0.1, 0.15) is 30.9 Å². The predicted octanol–water partition coefficient (Wildman–Crippen LogP) is 5.13. The zero-order valence-corrected chi connectivity index (χ0v) is 14.6. The number of halogens is 2. The molecule has 2 rings (SSSR count). The highest BCUT2D eigenvalue weighted by Crippen LogP contribution is 2.33. The Morgan fingerprint density at radius 2 is 2.00 bits per heavy atom. The molecular weight excluding hydrogens is 356 g/mol. The molecule has 0 bridgehead atoms. The van der Waals surface area contributed by atoms with Crippen molar-refractivity contribution >= 4 is 27.5 Å². The van der Waals surface area contributed by atoms with Crippen LogP contribution in [0.25, 0.3) is 0 Å². The van der Waals surface area contributed by atoms with Crippen LogP contribution in [0.4, 0.5) is 0 Å². The molecule has 1 heterocycles. The molecule has 0 N–H and O–H groups in total. The van der Waals surface area contributed by atoms with E-state index in [1.165, 1.54) is 0 Å². The van der Waals surface area contributed by atoms with Crippen molar-refractivity contribution in [1.29, 1.82) is 0 Å². The van der Waals surface area contributed by atoms with Crippen molar-refractivity contribution < 1.29 is 9.47 Å². The SMILES string of the molecule is COc1nc(Oc2cc(C(C)C)c(Cl)cc2C)ncc1Br. The summed E-state index contributed by atoms with van der Waals surface area (Å²) in [5, 5.41) is 0.740. The van der Waals surface area contributed by atoms with E-state index in [0.717, 1.165) is 16.1 Å². The molecule has 0 radical (unpaired) electrons. The topological polar surface area (TPSA) is 44.2 Å². The van der Waals surface area contributed by atoms with Crippen LogP contribution in [-0.4, -0.2) is 17.1 Å². The first-order valence-electron chi connectivity index (χ1n) is 6.46. The molecule has 0 fully saturated rings. The van der Waals surface area contributed by atoms with Crippen molar-refractivity contribution in [2.24, 2.45) is 0 Å². The van der Waals surface area contributed by atoms with E-state index in [1.54, 1.807) is 13.3 Å². The Kier molecular flexibility index (Phi) is 5.06. The molecule has 0 unspecified atom stereocenters. The van der Waals surface area contributed by atoms with Gasteiger partial charge in [0.2, 0.25) is 5.88 Å². The maximum Gasteiger partial charge on any atom is 0.325 e. The fourth-order valence-electron chi connectivity index (χ4n) is 1.85. The van der Waals surface area contributed by atoms with Gasteiger partial charge in [-0.15, -0.1) is 0 Å². The summed E-state index contributed by atoms with van der Waals surface area (Å²) in [7, 11) is 1.54. The summed E-state index contributed by atoms with van der Waals surface area (Å²) in [5.41, 5.74) is 1.95. The summed E-state index contributed by atoms with van der Waals surface area (Å²) < 4.78 is 11.6. The number of benzene rings is 1. The van der Waals surface area contributed by atoms with Crippen LogP contribution in [0.3, 0.4) is 0 Å². The summed E-state index contributed by atoms with van der Waals surface area (Å²) in [6.45, 7) is 6.10. The van der Waals surface area contributed by atoms with Crippen LogP contribution < -0.4 is 9.47 Å². The molecule has 1 aromatic carbocycles. The molecule has 112 valence electrons. The maximum atomic E-state index is 6.25. The second-order valence-corrected chi connectivity index (χ2v) is 6.17. The molecular formula is C15H16BrClN2O2. The number of nitrogens with zero attached hydrogens (tertiary/aromatic N) is 2. The van der Waals surface area contributed by atoms with Gasteiger partial charge in [-0.05, 0) is 52.0 Å². The standard InChI is InChI=1S/C15H16BrClN2O2/c1-8(2)10-6-13(9(3)5-12(10)17)21-15-18-7-11(16)14(19-15)20-4/h5-8H,1-4H3. The summed E-state index contributed by atoms with van der Waals surface area (Å²) in [6.07, 6.45) is 1.59. The normalized spacial score (nSPS) is 10.8. The Balaban J connectivity index is 2.37. The number of aromatic nitrogens is 2. The van der Waals surface area contributed by atoms with Crippen molar-refractivity contribution in [2.75, 3.05) is 7.11 Å². The quantitative estimate of drug-likeness (QED) is 0.747. The second kappa shape index (κ2) is 6.62. The monoisotopic (exact) mass is 370 g/mol. The van der Waals surface area contributed by atoms with E-state index >= 15 is 0 Å². The molecule has 0 saturated carbocycles. The van der Waals surface area contributed by atoms with E-state index in [2.05, 4.69) is 39.7 Å². The van der Waals surface area contributed by atoms with Crippen molar-refractivity contribution in [2.45, 2.75) is 26.7 Å². The van der Waals surface area contributed by atoms with Gasteiger partial charge in [-0.25, -0.2) is 4.98 Å². The first kappa shape index (κ1) is 16.0. The number of hydrogen-bond donors (Lipinski definition) is 0. The third-order valence-corrected chi connectivity index (χ3v) is 3.87. The summed E-state index contributed by atoms with van der Waals surface area (Å²) >= 11 is 9.56. The van der Waals surface area contributed by atoms with Gasteiger partial charge in [-0.1, -0.05) is 25.4 Å². The summed E-state index contributed by atoms with van der Waals surface area (Å²) in [6, 6.07) is 4.05. The number of ether oxygens (including phenoxy) is 2. The van der Waals surface area contributed by atoms with Gasteiger partial charge in [0, 0.05) is 5.02 Å². The van der Waals surface area contributed by atoms with E-state index in [-0.39, 0.29) is 6.01 Å². The molecule has 2 aromatic rings. The van der Waals surface area contributed by atoms with Crippen LogP contribution >= 0.6 is 27.5 Å². The van der Waals surface area contributed by atoms with E-state index < -0.39 is 0 Å². The van der Waals surface area contributed by atoms with Gasteiger partial charge in [0.05, 0.1) is 17.8 Å². The summed E-state index contributed by atoms with van der Waals surface area (Å²) in [5.74, 6) is 1.42. The van der Waals surface area contributed by atoms with Crippen molar-refractivity contribution in [1.82, 2.24) is 9.97 Å². The van der Waals surface area contributed by atoms with Crippen molar-refractivity contribution in [3.63, 3.8) is 0 Å². The average Bonchev–Trinajstić information content (AvgIpc) is 2.43. The number of aryl methyl sites for hydroxylation is 1. The number of rotatable bonds is 4. The first-order chi connectivity index (χ1) is 9.92. The zero-order valence-electron chi connectivity index (χ0n) is 12.3. The fourth-order valence-corrected chi connectivity index (χ4v) is 2.64. The van der Waals surface area contributed by atoms with Crippen LogP contribution in [0, 0.1) is 6.92 Å². The highest BCUT2D eigenvalue weighted by atomic mass is 79.9. The third-order valence-electron chi connectivity index (χ3n) is 3.00. The molecule has 0 aliphatic carbocycles. The summed E-state index contributed by atoms with van der Waals surface area (Å²) in [4.78, 5) is 8.32. The molecule has 0 aliphatic heterocycles. The predicted molar refractivity (Wildman–Crippen MR) is 86.6 cm³/mol. The molecule has 0 aliphatic rings. The Morgan fingerprint density at radius 1 is 1.29 bits per heavy atom. The maximum absolute atomic E-state index is 6.25. The van der Waals surface area contributed by atoms with Gasteiger partial charge in [0.15, 0.2) is 0 Å². The lowest BCUT2D eigenvalue weighted by atomic mass is 10.0. The van der Waals surface area contributed by atoms with Crippen molar-refractivity contribution in [3.8, 4) is 17.6 Å². The Hall–Kier alpha value is -1.33. The van der Waals surface area contributed by atoms with Gasteiger partial charge in [-0.3, -0.25) is 0 Å². The fraction of sp³-hybridized carbons (Fsp3) is 0.333. The van der Waals surface area contributed by atoms with Crippen LogP contribution in [0.5, 0.6) is 17.6 Å². The van der Waals surface area contributed by atoms with Gasteiger partial charge in [0.1, 0.15) is 5.75 Å². The third kappa shape index (κ3) is 3.66. The molecule has 6 heteroatoms. The molecule has 4 nitrogen and oxygen atoms in total. The van der Waals surface area contributed by atoms with E-state index in [0.29, 0.717) is 22.0 Å². The second-order valence-electron chi connectivity index (χ2n) is 4.91. The lowest BCUT2D eigenvalue weighted by Gasteiger charge is -2.14. The minimum Gasteiger partial charge on any atom is -0.480 e. The van der Waals surface area contributed by atoms with Gasteiger partial charge in [-0.2, -0.15) is 4.98 Å². The molecule has 1 aromatic heterocycles. The Labute approximate surface area is 137 Å². The number of hydrogen-bond acceptors (Lipinski definition) is 4. The zero-order chi connectivity index (χ0) is 15.6. The van der Waals surface area contributed by atoms with Crippen LogP contribution in [0.2, 0.25) is 5.02 Å². The average molecular weight is 372 g/mol. The minimum atomic E-state index is 0.232. The highest BCUT2D eigenvalue weighted by Gasteiger charge is 2.13. The molecule has 0 spiro atoms. The molecule has 21 heavy (non-hydrogen) atoms. The van der Waals surface area contributed by atoms with Gasteiger partial charge >= 0.3 is 6.01 Å². The smallest absolute Gasteiger partial charge is 0.325 e. The minimum absolute atomic E-state index is 0.232. The molecule has 0 atom stereocenters. The molecule has 0 amide bonds. The van der Waals surface area contributed by atoms with Crippen LogP contribution in [0.15, 0.2) is 22.8 Å².